The number of hydrogen-bond donors (Lipinski definition) is 2. The summed E-state index contributed by atoms with van der Waals surface area (Å²) in [6.45, 7) is 3.00. The molecule has 3 aromatic rings. The Hall–Kier alpha value is -2.77. The quantitative estimate of drug-likeness (QED) is 0.482. The molecule has 0 atom stereocenters. The number of pyridine rings is 1. The summed E-state index contributed by atoms with van der Waals surface area (Å²) >= 11 is 1.42. The Bertz CT molecular complexity index is 970. The number of hydrogen-bond acceptors (Lipinski definition) is 6. The van der Waals surface area contributed by atoms with E-state index in [2.05, 4.69) is 20.6 Å². The number of ether oxygens (including phenoxy) is 1. The van der Waals surface area contributed by atoms with E-state index in [-0.39, 0.29) is 12.3 Å². The van der Waals surface area contributed by atoms with Gasteiger partial charge in [0.2, 0.25) is 5.91 Å². The molecule has 1 amide bonds. The third kappa shape index (κ3) is 6.60. The first-order valence-electron chi connectivity index (χ1n) is 10.8. The van der Waals surface area contributed by atoms with Crippen LogP contribution in [0.25, 0.3) is 11.3 Å². The van der Waals surface area contributed by atoms with E-state index in [1.807, 2.05) is 41.8 Å². The van der Waals surface area contributed by atoms with Gasteiger partial charge < -0.3 is 15.4 Å². The fourth-order valence-corrected chi connectivity index (χ4v) is 4.55. The highest BCUT2D eigenvalue weighted by Gasteiger charge is 2.13. The minimum absolute atomic E-state index is 0.0845. The summed E-state index contributed by atoms with van der Waals surface area (Å²) in [5, 5.41) is 8.84. The van der Waals surface area contributed by atoms with Gasteiger partial charge in [-0.2, -0.15) is 0 Å². The van der Waals surface area contributed by atoms with Crippen molar-refractivity contribution in [1.82, 2.24) is 15.3 Å². The monoisotopic (exact) mass is 436 g/mol. The SMILES string of the molecule is O=C(Cc1cccc(OCCCC2CCNCC2)c1)Nc1nc(-c2ccncc2)cs1. The van der Waals surface area contributed by atoms with Crippen LogP contribution in [-0.2, 0) is 11.2 Å². The number of rotatable bonds is 9. The molecule has 162 valence electrons. The summed E-state index contributed by atoms with van der Waals surface area (Å²) < 4.78 is 5.93. The smallest absolute Gasteiger partial charge is 0.230 e. The Morgan fingerprint density at radius 2 is 2.03 bits per heavy atom. The van der Waals surface area contributed by atoms with E-state index in [1.165, 1.54) is 30.6 Å². The molecule has 31 heavy (non-hydrogen) atoms. The van der Waals surface area contributed by atoms with Crippen LogP contribution in [0.5, 0.6) is 5.75 Å². The zero-order valence-electron chi connectivity index (χ0n) is 17.5. The zero-order chi connectivity index (χ0) is 21.3. The van der Waals surface area contributed by atoms with E-state index in [0.717, 1.165) is 54.6 Å². The molecule has 0 aliphatic carbocycles. The summed E-state index contributed by atoms with van der Waals surface area (Å²) in [5.74, 6) is 1.56. The summed E-state index contributed by atoms with van der Waals surface area (Å²) in [6.07, 6.45) is 8.58. The second kappa shape index (κ2) is 11.0. The second-order valence-electron chi connectivity index (χ2n) is 7.83. The molecular formula is C24H28N4O2S. The number of nitrogens with one attached hydrogen (secondary N) is 2. The van der Waals surface area contributed by atoms with Crippen molar-refractivity contribution in [3.8, 4) is 17.0 Å². The van der Waals surface area contributed by atoms with Crippen molar-refractivity contribution >= 4 is 22.4 Å². The molecular weight excluding hydrogens is 408 g/mol. The van der Waals surface area contributed by atoms with Gasteiger partial charge in [0.1, 0.15) is 5.75 Å². The van der Waals surface area contributed by atoms with Crippen LogP contribution in [0.1, 0.15) is 31.2 Å². The highest BCUT2D eigenvalue weighted by Crippen LogP contribution is 2.24. The molecule has 6 nitrogen and oxygen atoms in total. The van der Waals surface area contributed by atoms with E-state index in [1.54, 1.807) is 12.4 Å². The van der Waals surface area contributed by atoms with Crippen LogP contribution in [0, 0.1) is 5.92 Å². The summed E-state index contributed by atoms with van der Waals surface area (Å²) in [4.78, 5) is 21.0. The molecule has 1 fully saturated rings. The van der Waals surface area contributed by atoms with Gasteiger partial charge >= 0.3 is 0 Å². The molecule has 4 rings (SSSR count). The lowest BCUT2D eigenvalue weighted by molar-refractivity contribution is -0.115. The lowest BCUT2D eigenvalue weighted by Crippen LogP contribution is -2.27. The van der Waals surface area contributed by atoms with Crippen LogP contribution < -0.4 is 15.4 Å². The van der Waals surface area contributed by atoms with Gasteiger partial charge in [-0.15, -0.1) is 11.3 Å². The minimum Gasteiger partial charge on any atom is -0.494 e. The molecule has 1 saturated heterocycles. The summed E-state index contributed by atoms with van der Waals surface area (Å²) in [7, 11) is 0. The number of carbonyl (C=O) groups excluding carboxylic acids is 1. The number of carbonyl (C=O) groups is 1. The van der Waals surface area contributed by atoms with Crippen molar-refractivity contribution in [2.24, 2.45) is 5.92 Å². The number of benzene rings is 1. The van der Waals surface area contributed by atoms with Gasteiger partial charge in [0.15, 0.2) is 5.13 Å². The molecule has 2 N–H and O–H groups in total. The molecule has 1 aliphatic heterocycles. The van der Waals surface area contributed by atoms with Gasteiger partial charge in [-0.3, -0.25) is 9.78 Å². The van der Waals surface area contributed by atoms with Crippen LogP contribution in [0.4, 0.5) is 5.13 Å². The van der Waals surface area contributed by atoms with Crippen LogP contribution in [0.2, 0.25) is 0 Å². The van der Waals surface area contributed by atoms with E-state index >= 15 is 0 Å². The van der Waals surface area contributed by atoms with Gasteiger partial charge in [-0.1, -0.05) is 12.1 Å². The topological polar surface area (TPSA) is 76.1 Å². The summed E-state index contributed by atoms with van der Waals surface area (Å²) in [6, 6.07) is 11.6. The van der Waals surface area contributed by atoms with Crippen LogP contribution in [-0.4, -0.2) is 35.6 Å². The largest absolute Gasteiger partial charge is 0.494 e. The van der Waals surface area contributed by atoms with E-state index in [4.69, 9.17) is 4.74 Å². The van der Waals surface area contributed by atoms with Gasteiger partial charge in [0.25, 0.3) is 0 Å². The maximum atomic E-state index is 12.5. The number of anilines is 1. The average Bonchev–Trinajstić information content (AvgIpc) is 3.27. The van der Waals surface area contributed by atoms with Gasteiger partial charge in [-0.05, 0) is 74.5 Å². The van der Waals surface area contributed by atoms with Gasteiger partial charge in [-0.25, -0.2) is 4.98 Å². The van der Waals surface area contributed by atoms with Crippen LogP contribution >= 0.6 is 11.3 Å². The number of thiazole rings is 1. The Morgan fingerprint density at radius 3 is 2.87 bits per heavy atom. The Kier molecular flexibility index (Phi) is 7.63. The predicted molar refractivity (Wildman–Crippen MR) is 124 cm³/mol. The maximum Gasteiger partial charge on any atom is 0.230 e. The Labute approximate surface area is 187 Å². The van der Waals surface area contributed by atoms with Crippen molar-refractivity contribution in [3.63, 3.8) is 0 Å². The molecule has 0 unspecified atom stereocenters. The predicted octanol–water partition coefficient (Wildman–Crippen LogP) is 4.54. The highest BCUT2D eigenvalue weighted by molar-refractivity contribution is 7.14. The number of piperidine rings is 1. The molecule has 1 aromatic carbocycles. The molecule has 1 aliphatic rings. The third-order valence-corrected chi connectivity index (χ3v) is 6.23. The molecule has 3 heterocycles. The Balaban J connectivity index is 1.23. The fraction of sp³-hybridized carbons (Fsp3) is 0.375. The van der Waals surface area contributed by atoms with Crippen molar-refractivity contribution < 1.29 is 9.53 Å². The van der Waals surface area contributed by atoms with E-state index in [9.17, 15) is 4.79 Å². The van der Waals surface area contributed by atoms with Crippen molar-refractivity contribution in [2.45, 2.75) is 32.1 Å². The van der Waals surface area contributed by atoms with Gasteiger partial charge in [0, 0.05) is 23.3 Å². The second-order valence-corrected chi connectivity index (χ2v) is 8.69. The van der Waals surface area contributed by atoms with Crippen LogP contribution in [0.3, 0.4) is 0 Å². The minimum atomic E-state index is -0.0845. The lowest BCUT2D eigenvalue weighted by Gasteiger charge is -2.22. The molecule has 0 saturated carbocycles. The molecule has 2 aromatic heterocycles. The molecule has 7 heteroatoms. The first-order chi connectivity index (χ1) is 15.3. The molecule has 0 bridgehead atoms. The van der Waals surface area contributed by atoms with Crippen LogP contribution in [0.15, 0.2) is 54.2 Å². The molecule has 0 spiro atoms. The first kappa shape index (κ1) is 21.5. The molecule has 0 radical (unpaired) electrons. The maximum absolute atomic E-state index is 12.5. The third-order valence-electron chi connectivity index (χ3n) is 5.47. The number of aromatic nitrogens is 2. The van der Waals surface area contributed by atoms with E-state index in [0.29, 0.717) is 5.13 Å². The summed E-state index contributed by atoms with van der Waals surface area (Å²) in [5.41, 5.74) is 2.75. The number of amides is 1. The lowest BCUT2D eigenvalue weighted by atomic mass is 9.93. The van der Waals surface area contributed by atoms with Gasteiger partial charge in [0.05, 0.1) is 18.7 Å². The van der Waals surface area contributed by atoms with Crippen molar-refractivity contribution in [3.05, 3.63) is 59.7 Å². The number of nitrogens with zero attached hydrogens (tertiary/aromatic N) is 2. The van der Waals surface area contributed by atoms with E-state index < -0.39 is 0 Å². The Morgan fingerprint density at radius 1 is 1.19 bits per heavy atom. The van der Waals surface area contributed by atoms with Crippen molar-refractivity contribution in [2.75, 3.05) is 25.0 Å². The standard InChI is InChI=1S/C24H28N4O2S/c29-23(28-24-27-22(17-31-24)20-8-12-26-13-9-20)16-19-3-1-5-21(15-19)30-14-2-4-18-6-10-25-11-7-18/h1,3,5,8-9,12-13,15,17-18,25H,2,4,6-7,10-11,14,16H2,(H,27,28,29). The zero-order valence-corrected chi connectivity index (χ0v) is 18.4. The average molecular weight is 437 g/mol. The fourth-order valence-electron chi connectivity index (χ4n) is 3.81. The highest BCUT2D eigenvalue weighted by atomic mass is 32.1. The normalized spacial score (nSPS) is 14.3. The van der Waals surface area contributed by atoms with Crippen molar-refractivity contribution in [1.29, 1.82) is 0 Å². The first-order valence-corrected chi connectivity index (χ1v) is 11.7.